The Morgan fingerprint density at radius 3 is 1.64 bits per heavy atom. The molecule has 0 bridgehead atoms. The number of hydrogen-bond donors (Lipinski definition) is 2. The monoisotopic (exact) mass is 332 g/mol. The Morgan fingerprint density at radius 1 is 0.800 bits per heavy atom. The maximum absolute atomic E-state index is 12.9. The quantitative estimate of drug-likeness (QED) is 0.619. The molecule has 0 saturated heterocycles. The van der Waals surface area contributed by atoms with E-state index in [1.807, 2.05) is 62.4 Å². The molecule has 128 valence electrons. The highest BCUT2D eigenvalue weighted by molar-refractivity contribution is 6.14. The van der Waals surface area contributed by atoms with Crippen LogP contribution in [0.2, 0.25) is 0 Å². The van der Waals surface area contributed by atoms with E-state index in [0.29, 0.717) is 0 Å². The van der Waals surface area contributed by atoms with Crippen LogP contribution in [0.3, 0.4) is 0 Å². The van der Waals surface area contributed by atoms with Gasteiger partial charge in [0.2, 0.25) is 0 Å². The van der Waals surface area contributed by atoms with E-state index < -0.39 is 0 Å². The molecule has 25 heavy (non-hydrogen) atoms. The fourth-order valence-electron chi connectivity index (χ4n) is 3.16. The van der Waals surface area contributed by atoms with Crippen molar-refractivity contribution in [2.45, 2.75) is 33.1 Å². The molecule has 0 unspecified atom stereocenters. The molecule has 1 aliphatic carbocycles. The zero-order chi connectivity index (χ0) is 18.0. The highest BCUT2D eigenvalue weighted by atomic mass is 16.1. The van der Waals surface area contributed by atoms with Gasteiger partial charge in [-0.25, -0.2) is 0 Å². The lowest BCUT2D eigenvalue weighted by molar-refractivity contribution is -0.112. The number of aryl methyl sites for hydroxylation is 2. The van der Waals surface area contributed by atoms with Crippen LogP contribution < -0.4 is 11.5 Å². The topological polar surface area (TPSA) is 69.1 Å². The van der Waals surface area contributed by atoms with Gasteiger partial charge in [0, 0.05) is 22.5 Å². The van der Waals surface area contributed by atoms with Gasteiger partial charge in [0.15, 0.2) is 5.78 Å². The van der Waals surface area contributed by atoms with E-state index in [0.717, 1.165) is 64.0 Å². The standard InChI is InChI=1S/C22H24N2O/c1-14-10-16(6-8-20(14)23)12-18-4-3-5-19(22(18)25)13-17-7-9-21(24)15(2)11-17/h6-13H,3-5,23-24H2,1-2H3/b18-12+,19-13+. The number of hydrogen-bond acceptors (Lipinski definition) is 3. The second-order valence-corrected chi connectivity index (χ2v) is 6.75. The summed E-state index contributed by atoms with van der Waals surface area (Å²) in [5, 5.41) is 0. The fraction of sp³-hybridized carbons (Fsp3) is 0.227. The van der Waals surface area contributed by atoms with Crippen molar-refractivity contribution < 1.29 is 4.79 Å². The normalized spacial score (nSPS) is 18.1. The molecule has 0 amide bonds. The van der Waals surface area contributed by atoms with E-state index in [1.165, 1.54) is 0 Å². The molecule has 3 heteroatoms. The van der Waals surface area contributed by atoms with E-state index in [1.54, 1.807) is 0 Å². The Hall–Kier alpha value is -2.81. The number of rotatable bonds is 2. The Bertz CT molecular complexity index is 819. The molecule has 0 atom stereocenters. The summed E-state index contributed by atoms with van der Waals surface area (Å²) < 4.78 is 0. The lowest BCUT2D eigenvalue weighted by Crippen LogP contribution is -2.12. The first-order valence-electron chi connectivity index (χ1n) is 8.62. The largest absolute Gasteiger partial charge is 0.399 e. The lowest BCUT2D eigenvalue weighted by atomic mass is 9.86. The minimum atomic E-state index is 0.148. The average molecular weight is 332 g/mol. The molecule has 1 fully saturated rings. The van der Waals surface area contributed by atoms with Crippen LogP contribution in [0.1, 0.15) is 41.5 Å². The second-order valence-electron chi connectivity index (χ2n) is 6.75. The molecule has 3 nitrogen and oxygen atoms in total. The smallest absolute Gasteiger partial charge is 0.185 e. The Kier molecular flexibility index (Phi) is 4.75. The van der Waals surface area contributed by atoms with Crippen molar-refractivity contribution in [3.05, 3.63) is 69.8 Å². The van der Waals surface area contributed by atoms with Crippen LogP contribution in [0, 0.1) is 13.8 Å². The summed E-state index contributed by atoms with van der Waals surface area (Å²) in [6, 6.07) is 11.8. The number of anilines is 2. The zero-order valence-electron chi connectivity index (χ0n) is 14.8. The van der Waals surface area contributed by atoms with Crippen LogP contribution >= 0.6 is 0 Å². The van der Waals surface area contributed by atoms with Crippen molar-refractivity contribution in [3.63, 3.8) is 0 Å². The predicted octanol–water partition coefficient (Wildman–Crippen LogP) is 4.69. The van der Waals surface area contributed by atoms with Crippen molar-refractivity contribution in [1.82, 2.24) is 0 Å². The SMILES string of the molecule is Cc1cc(/C=C2\CCC/C(=C\c3ccc(N)c(C)c3)C2=O)ccc1N. The van der Waals surface area contributed by atoms with Crippen molar-refractivity contribution in [1.29, 1.82) is 0 Å². The fourth-order valence-corrected chi connectivity index (χ4v) is 3.16. The average Bonchev–Trinajstić information content (AvgIpc) is 2.58. The van der Waals surface area contributed by atoms with Crippen LogP contribution in [0.25, 0.3) is 12.2 Å². The third kappa shape index (κ3) is 3.82. The Balaban J connectivity index is 1.89. The highest BCUT2D eigenvalue weighted by Crippen LogP contribution is 2.29. The molecule has 2 aromatic rings. The molecule has 4 N–H and O–H groups in total. The predicted molar refractivity (Wildman–Crippen MR) is 106 cm³/mol. The van der Waals surface area contributed by atoms with Crippen LogP contribution in [0.5, 0.6) is 0 Å². The summed E-state index contributed by atoms with van der Waals surface area (Å²) in [4.78, 5) is 12.9. The summed E-state index contributed by atoms with van der Waals surface area (Å²) >= 11 is 0. The first-order chi connectivity index (χ1) is 11.9. The van der Waals surface area contributed by atoms with Crippen LogP contribution in [-0.4, -0.2) is 5.78 Å². The van der Waals surface area contributed by atoms with Crippen molar-refractivity contribution in [2.24, 2.45) is 0 Å². The Morgan fingerprint density at radius 2 is 1.24 bits per heavy atom. The molecule has 0 radical (unpaired) electrons. The summed E-state index contributed by atoms with van der Waals surface area (Å²) in [7, 11) is 0. The summed E-state index contributed by atoms with van der Waals surface area (Å²) in [5.41, 5.74) is 19.2. The summed E-state index contributed by atoms with van der Waals surface area (Å²) in [6.45, 7) is 3.96. The number of allylic oxidation sites excluding steroid dienone is 2. The molecule has 0 spiro atoms. The molecule has 2 aromatic carbocycles. The van der Waals surface area contributed by atoms with E-state index in [9.17, 15) is 4.79 Å². The van der Waals surface area contributed by atoms with Gasteiger partial charge in [0.05, 0.1) is 0 Å². The van der Waals surface area contributed by atoms with Gasteiger partial charge >= 0.3 is 0 Å². The van der Waals surface area contributed by atoms with Crippen molar-refractivity contribution in [3.8, 4) is 0 Å². The van der Waals surface area contributed by atoms with Gasteiger partial charge in [-0.3, -0.25) is 4.79 Å². The zero-order valence-corrected chi connectivity index (χ0v) is 14.8. The first-order valence-corrected chi connectivity index (χ1v) is 8.62. The third-order valence-corrected chi connectivity index (χ3v) is 4.75. The maximum atomic E-state index is 12.9. The van der Waals surface area contributed by atoms with Gasteiger partial charge < -0.3 is 11.5 Å². The van der Waals surface area contributed by atoms with Crippen molar-refractivity contribution in [2.75, 3.05) is 11.5 Å². The van der Waals surface area contributed by atoms with Gasteiger partial charge in [-0.05, 0) is 91.8 Å². The molecule has 1 saturated carbocycles. The highest BCUT2D eigenvalue weighted by Gasteiger charge is 2.20. The second kappa shape index (κ2) is 6.98. The first kappa shape index (κ1) is 17.0. The van der Waals surface area contributed by atoms with E-state index in [2.05, 4.69) is 0 Å². The molecule has 0 aromatic heterocycles. The molecular formula is C22H24N2O. The Labute approximate surface area is 149 Å². The number of benzene rings is 2. The number of nitrogen functional groups attached to an aromatic ring is 2. The van der Waals surface area contributed by atoms with Gasteiger partial charge in [0.1, 0.15) is 0 Å². The number of nitrogens with two attached hydrogens (primary N) is 2. The van der Waals surface area contributed by atoms with Gasteiger partial charge in [-0.15, -0.1) is 0 Å². The van der Waals surface area contributed by atoms with Crippen molar-refractivity contribution >= 4 is 29.3 Å². The van der Waals surface area contributed by atoms with Crippen LogP contribution in [0.4, 0.5) is 11.4 Å². The van der Waals surface area contributed by atoms with Crippen LogP contribution in [0.15, 0.2) is 47.5 Å². The maximum Gasteiger partial charge on any atom is 0.185 e. The number of carbonyl (C=O) groups excluding carboxylic acids is 1. The van der Waals surface area contributed by atoms with Gasteiger partial charge in [0.25, 0.3) is 0 Å². The minimum Gasteiger partial charge on any atom is -0.399 e. The summed E-state index contributed by atoms with van der Waals surface area (Å²) in [6.07, 6.45) is 6.62. The van der Waals surface area contributed by atoms with E-state index in [-0.39, 0.29) is 5.78 Å². The number of Topliss-reactive ketones (excluding diaryl/α,β-unsaturated/α-hetero) is 1. The minimum absolute atomic E-state index is 0.148. The van der Waals surface area contributed by atoms with E-state index >= 15 is 0 Å². The van der Waals surface area contributed by atoms with Gasteiger partial charge in [-0.1, -0.05) is 12.1 Å². The van der Waals surface area contributed by atoms with E-state index in [4.69, 9.17) is 11.5 Å². The molecule has 0 aliphatic heterocycles. The number of ketones is 1. The van der Waals surface area contributed by atoms with Crippen LogP contribution in [-0.2, 0) is 4.79 Å². The number of carbonyl (C=O) groups is 1. The lowest BCUT2D eigenvalue weighted by Gasteiger charge is -2.17. The molecular weight excluding hydrogens is 308 g/mol. The third-order valence-electron chi connectivity index (χ3n) is 4.75. The molecule has 0 heterocycles. The summed E-state index contributed by atoms with van der Waals surface area (Å²) in [5.74, 6) is 0.148. The molecule has 1 aliphatic rings. The molecule has 3 rings (SSSR count). The van der Waals surface area contributed by atoms with Gasteiger partial charge in [-0.2, -0.15) is 0 Å².